The molecular formula is C18H25N5O5S. The van der Waals surface area contributed by atoms with Crippen molar-refractivity contribution in [1.29, 1.82) is 0 Å². The number of amides is 1. The smallest absolute Gasteiger partial charge is 0.314 e. The Bertz CT molecular complexity index is 1110. The van der Waals surface area contributed by atoms with Gasteiger partial charge in [-0.3, -0.25) is 19.3 Å². The van der Waals surface area contributed by atoms with Gasteiger partial charge in [0.25, 0.3) is 0 Å². The lowest BCUT2D eigenvalue weighted by Gasteiger charge is -2.33. The van der Waals surface area contributed by atoms with E-state index < -0.39 is 21.1 Å². The van der Waals surface area contributed by atoms with Crippen molar-refractivity contribution in [2.75, 3.05) is 39.3 Å². The molecule has 0 aliphatic carbocycles. The number of aromatic nitrogens is 2. The number of hydrogen-bond donors (Lipinski definition) is 3. The van der Waals surface area contributed by atoms with Crippen LogP contribution in [-0.4, -0.2) is 72.8 Å². The van der Waals surface area contributed by atoms with E-state index >= 15 is 0 Å². The number of hydrogen-bond acceptors (Lipinski definition) is 6. The highest BCUT2D eigenvalue weighted by Gasteiger charge is 2.29. The quantitative estimate of drug-likeness (QED) is 0.526. The topological polar surface area (TPSA) is 135 Å². The van der Waals surface area contributed by atoms with Gasteiger partial charge in [0.15, 0.2) is 0 Å². The van der Waals surface area contributed by atoms with Crippen LogP contribution in [0.2, 0.25) is 0 Å². The molecule has 1 aromatic heterocycles. The highest BCUT2D eigenvalue weighted by molar-refractivity contribution is 7.89. The van der Waals surface area contributed by atoms with E-state index in [1.807, 2.05) is 18.7 Å². The lowest BCUT2D eigenvalue weighted by Crippen LogP contribution is -2.51. The molecule has 2 heterocycles. The highest BCUT2D eigenvalue weighted by atomic mass is 32.2. The van der Waals surface area contributed by atoms with Gasteiger partial charge in [0.05, 0.1) is 22.5 Å². The summed E-state index contributed by atoms with van der Waals surface area (Å²) >= 11 is 0. The van der Waals surface area contributed by atoms with Crippen LogP contribution >= 0.6 is 0 Å². The fourth-order valence-electron chi connectivity index (χ4n) is 3.11. The molecule has 158 valence electrons. The number of carbonyl (C=O) groups is 1. The van der Waals surface area contributed by atoms with Gasteiger partial charge in [-0.2, -0.15) is 4.31 Å². The van der Waals surface area contributed by atoms with Crippen LogP contribution in [0.25, 0.3) is 11.0 Å². The van der Waals surface area contributed by atoms with Gasteiger partial charge in [0.1, 0.15) is 0 Å². The van der Waals surface area contributed by atoms with Gasteiger partial charge in [-0.15, -0.1) is 0 Å². The first-order chi connectivity index (χ1) is 13.7. The van der Waals surface area contributed by atoms with Crippen LogP contribution in [-0.2, 0) is 14.8 Å². The SMILES string of the molecule is CC(C)CNC(=O)CN1CCN(S(=O)(=O)c2ccc3[nH]c(=O)c(=O)[nH]c3c2)CC1. The summed E-state index contributed by atoms with van der Waals surface area (Å²) in [6, 6.07) is 4.19. The number of nitrogens with zero attached hydrogens (tertiary/aromatic N) is 2. The van der Waals surface area contributed by atoms with Gasteiger partial charge >= 0.3 is 11.1 Å². The summed E-state index contributed by atoms with van der Waals surface area (Å²) in [5, 5.41) is 2.86. The van der Waals surface area contributed by atoms with Crippen molar-refractivity contribution < 1.29 is 13.2 Å². The van der Waals surface area contributed by atoms with Crippen molar-refractivity contribution in [3.05, 3.63) is 38.9 Å². The largest absolute Gasteiger partial charge is 0.355 e. The zero-order chi connectivity index (χ0) is 21.2. The number of piperazine rings is 1. The molecule has 0 saturated carbocycles. The Morgan fingerprint density at radius 1 is 1.07 bits per heavy atom. The fraction of sp³-hybridized carbons (Fsp3) is 0.500. The maximum absolute atomic E-state index is 13.0. The summed E-state index contributed by atoms with van der Waals surface area (Å²) in [5.74, 6) is 0.304. The number of aromatic amines is 2. The molecule has 1 amide bonds. The number of benzene rings is 1. The third kappa shape index (κ3) is 4.92. The summed E-state index contributed by atoms with van der Waals surface area (Å²) in [6.07, 6.45) is 0. The standard InChI is InChI=1S/C18H25N5O5S/c1-12(2)10-19-16(24)11-22-5-7-23(8-6-22)29(27,28)13-3-4-14-15(9-13)21-18(26)17(25)20-14/h3-4,9,12H,5-8,10-11H2,1-2H3,(H,19,24)(H,20,25)(H,21,26). The number of carbonyl (C=O) groups excluding carboxylic acids is 1. The lowest BCUT2D eigenvalue weighted by molar-refractivity contribution is -0.122. The normalized spacial score (nSPS) is 16.4. The Labute approximate surface area is 168 Å². The van der Waals surface area contributed by atoms with Crippen LogP contribution in [0.4, 0.5) is 0 Å². The second-order valence-corrected chi connectivity index (χ2v) is 9.43. The van der Waals surface area contributed by atoms with Crippen molar-refractivity contribution in [3.8, 4) is 0 Å². The molecule has 29 heavy (non-hydrogen) atoms. The summed E-state index contributed by atoms with van der Waals surface area (Å²) in [7, 11) is -3.76. The average molecular weight is 423 g/mol. The van der Waals surface area contributed by atoms with Gasteiger partial charge in [0, 0.05) is 32.7 Å². The third-order valence-electron chi connectivity index (χ3n) is 4.74. The van der Waals surface area contributed by atoms with Gasteiger partial charge in [-0.25, -0.2) is 8.42 Å². The Kier molecular flexibility index (Phi) is 6.20. The molecule has 10 nitrogen and oxygen atoms in total. The zero-order valence-electron chi connectivity index (χ0n) is 16.4. The van der Waals surface area contributed by atoms with Gasteiger partial charge in [-0.05, 0) is 24.1 Å². The van der Waals surface area contributed by atoms with Crippen LogP contribution in [0, 0.1) is 5.92 Å². The molecule has 1 aliphatic rings. The van der Waals surface area contributed by atoms with E-state index in [2.05, 4.69) is 15.3 Å². The van der Waals surface area contributed by atoms with Crippen molar-refractivity contribution in [2.24, 2.45) is 5.92 Å². The molecule has 0 spiro atoms. The Hall–Kier alpha value is -2.50. The minimum absolute atomic E-state index is 0.0378. The highest BCUT2D eigenvalue weighted by Crippen LogP contribution is 2.20. The molecule has 3 rings (SSSR count). The average Bonchev–Trinajstić information content (AvgIpc) is 2.67. The van der Waals surface area contributed by atoms with E-state index in [0.717, 1.165) is 0 Å². The van der Waals surface area contributed by atoms with E-state index in [1.165, 1.54) is 22.5 Å². The predicted octanol–water partition coefficient (Wildman–Crippen LogP) is -0.705. The molecule has 0 bridgehead atoms. The zero-order valence-corrected chi connectivity index (χ0v) is 17.2. The number of nitrogens with one attached hydrogen (secondary N) is 3. The van der Waals surface area contributed by atoms with Crippen LogP contribution < -0.4 is 16.4 Å². The summed E-state index contributed by atoms with van der Waals surface area (Å²) in [5.41, 5.74) is -1.03. The molecule has 1 saturated heterocycles. The van der Waals surface area contributed by atoms with Crippen molar-refractivity contribution in [2.45, 2.75) is 18.7 Å². The minimum Gasteiger partial charge on any atom is -0.355 e. The molecule has 1 aliphatic heterocycles. The molecule has 0 radical (unpaired) electrons. The molecule has 3 N–H and O–H groups in total. The second-order valence-electron chi connectivity index (χ2n) is 7.49. The van der Waals surface area contributed by atoms with E-state index in [1.54, 1.807) is 0 Å². The first-order valence-corrected chi connectivity index (χ1v) is 10.9. The first-order valence-electron chi connectivity index (χ1n) is 9.42. The van der Waals surface area contributed by atoms with Crippen molar-refractivity contribution in [1.82, 2.24) is 24.5 Å². The summed E-state index contributed by atoms with van der Waals surface area (Å²) in [6.45, 7) is 6.32. The lowest BCUT2D eigenvalue weighted by atomic mass is 10.2. The number of rotatable bonds is 6. The molecule has 1 fully saturated rings. The van der Waals surface area contributed by atoms with Crippen LogP contribution in [0.1, 0.15) is 13.8 Å². The van der Waals surface area contributed by atoms with E-state index in [4.69, 9.17) is 0 Å². The predicted molar refractivity (Wildman–Crippen MR) is 108 cm³/mol. The Balaban J connectivity index is 1.68. The monoisotopic (exact) mass is 423 g/mol. The number of H-pyrrole nitrogens is 2. The molecular weight excluding hydrogens is 398 g/mol. The maximum Gasteiger partial charge on any atom is 0.314 e. The molecule has 11 heteroatoms. The number of fused-ring (bicyclic) bond motifs is 1. The van der Waals surface area contributed by atoms with Gasteiger partial charge in [-0.1, -0.05) is 13.8 Å². The van der Waals surface area contributed by atoms with Crippen molar-refractivity contribution >= 4 is 27.0 Å². The van der Waals surface area contributed by atoms with E-state index in [0.29, 0.717) is 31.1 Å². The van der Waals surface area contributed by atoms with Gasteiger partial charge < -0.3 is 15.3 Å². The van der Waals surface area contributed by atoms with Gasteiger partial charge in [0.2, 0.25) is 15.9 Å². The summed E-state index contributed by atoms with van der Waals surface area (Å²) in [4.78, 5) is 41.6. The first kappa shape index (κ1) is 21.2. The Morgan fingerprint density at radius 3 is 2.31 bits per heavy atom. The number of sulfonamides is 1. The Morgan fingerprint density at radius 2 is 1.69 bits per heavy atom. The molecule has 1 aromatic carbocycles. The molecule has 2 aromatic rings. The van der Waals surface area contributed by atoms with Crippen LogP contribution in [0.3, 0.4) is 0 Å². The second kappa shape index (κ2) is 8.47. The maximum atomic E-state index is 13.0. The summed E-state index contributed by atoms with van der Waals surface area (Å²) < 4.78 is 27.3. The third-order valence-corrected chi connectivity index (χ3v) is 6.63. The molecule has 0 unspecified atom stereocenters. The molecule has 0 atom stereocenters. The van der Waals surface area contributed by atoms with Crippen molar-refractivity contribution in [3.63, 3.8) is 0 Å². The van der Waals surface area contributed by atoms with E-state index in [-0.39, 0.29) is 36.0 Å². The van der Waals surface area contributed by atoms with Crippen LogP contribution in [0.15, 0.2) is 32.7 Å². The van der Waals surface area contributed by atoms with Crippen LogP contribution in [0.5, 0.6) is 0 Å². The minimum atomic E-state index is -3.76. The van der Waals surface area contributed by atoms with E-state index in [9.17, 15) is 22.8 Å². The fourth-order valence-corrected chi connectivity index (χ4v) is 4.56.